The number of hydrogen-bond donors (Lipinski definition) is 1. The summed E-state index contributed by atoms with van der Waals surface area (Å²) in [5, 5.41) is 3.01. The maximum absolute atomic E-state index is 12.6. The van der Waals surface area contributed by atoms with E-state index in [0.29, 0.717) is 26.1 Å². The van der Waals surface area contributed by atoms with Gasteiger partial charge in [0.1, 0.15) is 11.8 Å². The summed E-state index contributed by atoms with van der Waals surface area (Å²) in [5.74, 6) is 0.877. The predicted molar refractivity (Wildman–Crippen MR) is 98.5 cm³/mol. The van der Waals surface area contributed by atoms with Crippen LogP contribution >= 0.6 is 0 Å². The minimum Gasteiger partial charge on any atom is -0.494 e. The molecule has 0 unspecified atom stereocenters. The van der Waals surface area contributed by atoms with Crippen molar-refractivity contribution in [3.8, 4) is 5.75 Å². The van der Waals surface area contributed by atoms with E-state index in [1.165, 1.54) is 0 Å². The van der Waals surface area contributed by atoms with Crippen LogP contribution in [-0.4, -0.2) is 35.9 Å². The van der Waals surface area contributed by atoms with Gasteiger partial charge in [0.25, 0.3) is 0 Å². The fourth-order valence-corrected chi connectivity index (χ4v) is 3.18. The van der Waals surface area contributed by atoms with Gasteiger partial charge in [0, 0.05) is 19.5 Å². The van der Waals surface area contributed by atoms with Crippen LogP contribution < -0.4 is 10.1 Å². The lowest BCUT2D eigenvalue weighted by Crippen LogP contribution is -2.51. The van der Waals surface area contributed by atoms with Gasteiger partial charge in [-0.15, -0.1) is 0 Å². The number of nitrogens with zero attached hydrogens (tertiary/aromatic N) is 1. The Morgan fingerprint density at radius 1 is 1.28 bits per heavy atom. The van der Waals surface area contributed by atoms with Crippen LogP contribution in [-0.2, 0) is 16.1 Å². The molecule has 5 nitrogen and oxygen atoms in total. The van der Waals surface area contributed by atoms with Gasteiger partial charge in [-0.2, -0.15) is 0 Å². The molecule has 138 valence electrons. The average molecular weight is 346 g/mol. The number of amides is 2. The Morgan fingerprint density at radius 3 is 2.76 bits per heavy atom. The topological polar surface area (TPSA) is 58.6 Å². The minimum absolute atomic E-state index is 0.0489. The maximum atomic E-state index is 12.6. The van der Waals surface area contributed by atoms with Crippen molar-refractivity contribution in [2.24, 2.45) is 0 Å². The lowest BCUT2D eigenvalue weighted by atomic mass is 10.0. The number of rotatable bonds is 7. The fourth-order valence-electron chi connectivity index (χ4n) is 3.18. The van der Waals surface area contributed by atoms with Crippen LogP contribution in [0.25, 0.3) is 0 Å². The third kappa shape index (κ3) is 5.21. The zero-order valence-electron chi connectivity index (χ0n) is 15.6. The molecule has 1 aromatic rings. The Labute approximate surface area is 150 Å². The predicted octanol–water partition coefficient (Wildman–Crippen LogP) is 3.19. The van der Waals surface area contributed by atoms with Crippen LogP contribution in [0.5, 0.6) is 5.75 Å². The van der Waals surface area contributed by atoms with Crippen LogP contribution in [0.2, 0.25) is 0 Å². The number of likely N-dealkylation sites (tertiary alicyclic amines) is 1. The van der Waals surface area contributed by atoms with E-state index in [4.69, 9.17) is 4.74 Å². The van der Waals surface area contributed by atoms with E-state index in [1.807, 2.05) is 32.0 Å². The molecule has 1 aliphatic rings. The molecule has 0 aliphatic carbocycles. The summed E-state index contributed by atoms with van der Waals surface area (Å²) in [6.07, 6.45) is 4.15. The maximum Gasteiger partial charge on any atom is 0.243 e. The summed E-state index contributed by atoms with van der Waals surface area (Å²) in [6.45, 7) is 7.81. The highest BCUT2D eigenvalue weighted by atomic mass is 16.5. The molecule has 1 aromatic carbocycles. The van der Waals surface area contributed by atoms with E-state index < -0.39 is 0 Å². The monoisotopic (exact) mass is 346 g/mol. The van der Waals surface area contributed by atoms with E-state index in [0.717, 1.165) is 42.6 Å². The normalized spacial score (nSPS) is 17.2. The molecule has 1 saturated heterocycles. The van der Waals surface area contributed by atoms with E-state index in [1.54, 1.807) is 4.90 Å². The number of piperidine rings is 1. The Hall–Kier alpha value is -2.04. The zero-order chi connectivity index (χ0) is 18.2. The summed E-state index contributed by atoms with van der Waals surface area (Å²) in [6, 6.07) is 5.62. The molecule has 0 bridgehead atoms. The van der Waals surface area contributed by atoms with Crippen molar-refractivity contribution in [1.82, 2.24) is 10.2 Å². The van der Waals surface area contributed by atoms with Gasteiger partial charge in [0.15, 0.2) is 0 Å². The molecule has 0 radical (unpaired) electrons. The molecular weight excluding hydrogens is 316 g/mol. The van der Waals surface area contributed by atoms with Crippen LogP contribution in [0.1, 0.15) is 57.1 Å². The highest BCUT2D eigenvalue weighted by Gasteiger charge is 2.31. The number of hydrogen-bond acceptors (Lipinski definition) is 3. The Bertz CT molecular complexity index is 601. The molecule has 0 aromatic heterocycles. The summed E-state index contributed by atoms with van der Waals surface area (Å²) in [4.78, 5) is 26.4. The van der Waals surface area contributed by atoms with E-state index in [-0.39, 0.29) is 17.9 Å². The quantitative estimate of drug-likeness (QED) is 0.825. The fraction of sp³-hybridized carbons (Fsp3) is 0.600. The summed E-state index contributed by atoms with van der Waals surface area (Å²) < 4.78 is 5.63. The van der Waals surface area contributed by atoms with Crippen LogP contribution in [0.3, 0.4) is 0 Å². The third-order valence-corrected chi connectivity index (χ3v) is 4.67. The second kappa shape index (κ2) is 9.44. The highest BCUT2D eigenvalue weighted by molar-refractivity contribution is 5.87. The molecule has 1 heterocycles. The highest BCUT2D eigenvalue weighted by Crippen LogP contribution is 2.20. The molecule has 0 spiro atoms. The molecular formula is C20H30N2O3. The average Bonchev–Trinajstić information content (AvgIpc) is 2.64. The van der Waals surface area contributed by atoms with Gasteiger partial charge < -0.3 is 15.0 Å². The summed E-state index contributed by atoms with van der Waals surface area (Å²) in [7, 11) is 0. The molecule has 5 heteroatoms. The smallest absolute Gasteiger partial charge is 0.243 e. The van der Waals surface area contributed by atoms with Gasteiger partial charge in [-0.25, -0.2) is 0 Å². The van der Waals surface area contributed by atoms with Gasteiger partial charge in [0.2, 0.25) is 11.8 Å². The first-order valence-corrected chi connectivity index (χ1v) is 9.36. The van der Waals surface area contributed by atoms with E-state index in [2.05, 4.69) is 12.2 Å². The number of carbonyl (C=O) groups excluding carboxylic acids is 2. The Morgan fingerprint density at radius 2 is 2.08 bits per heavy atom. The molecule has 2 amide bonds. The van der Waals surface area contributed by atoms with Gasteiger partial charge in [-0.05, 0) is 55.9 Å². The van der Waals surface area contributed by atoms with Gasteiger partial charge in [-0.1, -0.05) is 19.9 Å². The van der Waals surface area contributed by atoms with Crippen molar-refractivity contribution >= 4 is 11.8 Å². The van der Waals surface area contributed by atoms with E-state index in [9.17, 15) is 9.59 Å². The van der Waals surface area contributed by atoms with Crippen molar-refractivity contribution in [1.29, 1.82) is 0 Å². The number of ether oxygens (including phenoxy) is 1. The minimum atomic E-state index is -0.325. The zero-order valence-corrected chi connectivity index (χ0v) is 15.6. The van der Waals surface area contributed by atoms with Gasteiger partial charge in [0.05, 0.1) is 6.61 Å². The molecule has 1 fully saturated rings. The first kappa shape index (κ1) is 19.3. The van der Waals surface area contributed by atoms with Crippen molar-refractivity contribution in [2.75, 3.05) is 13.2 Å². The molecule has 2 rings (SSSR count). The van der Waals surface area contributed by atoms with Crippen molar-refractivity contribution in [3.63, 3.8) is 0 Å². The Balaban J connectivity index is 1.95. The molecule has 1 atom stereocenters. The Kier molecular flexibility index (Phi) is 7.29. The largest absolute Gasteiger partial charge is 0.494 e. The standard InChI is InChI=1S/C20H30N2O3/c1-4-12-25-17-10-9-16(15(3)13-17)14-21-20(24)18-8-6-7-11-22(18)19(23)5-2/h9-10,13,18H,4-8,11-12,14H2,1-3H3,(H,21,24)/t18-/m1/s1. The molecule has 0 saturated carbocycles. The SMILES string of the molecule is CCCOc1ccc(CNC(=O)[C@H]2CCCCN2C(=O)CC)c(C)c1. The second-order valence-corrected chi connectivity index (χ2v) is 6.61. The summed E-state index contributed by atoms with van der Waals surface area (Å²) >= 11 is 0. The lowest BCUT2D eigenvalue weighted by molar-refractivity contribution is -0.142. The number of aryl methyl sites for hydroxylation is 1. The second-order valence-electron chi connectivity index (χ2n) is 6.61. The first-order valence-electron chi connectivity index (χ1n) is 9.36. The number of carbonyl (C=O) groups is 2. The van der Waals surface area contributed by atoms with Crippen LogP contribution in [0, 0.1) is 6.92 Å². The molecule has 1 aliphatic heterocycles. The van der Waals surface area contributed by atoms with Gasteiger partial charge in [-0.3, -0.25) is 9.59 Å². The third-order valence-electron chi connectivity index (χ3n) is 4.67. The van der Waals surface area contributed by atoms with Crippen LogP contribution in [0.15, 0.2) is 18.2 Å². The first-order chi connectivity index (χ1) is 12.1. The van der Waals surface area contributed by atoms with E-state index >= 15 is 0 Å². The van der Waals surface area contributed by atoms with Gasteiger partial charge >= 0.3 is 0 Å². The summed E-state index contributed by atoms with van der Waals surface area (Å²) in [5.41, 5.74) is 2.17. The van der Waals surface area contributed by atoms with Crippen LogP contribution in [0.4, 0.5) is 0 Å². The lowest BCUT2D eigenvalue weighted by Gasteiger charge is -2.34. The van der Waals surface area contributed by atoms with Crippen molar-refractivity contribution in [2.45, 2.75) is 65.5 Å². The number of benzene rings is 1. The van der Waals surface area contributed by atoms with Crippen molar-refractivity contribution in [3.05, 3.63) is 29.3 Å². The van der Waals surface area contributed by atoms with Crippen molar-refractivity contribution < 1.29 is 14.3 Å². The molecule has 1 N–H and O–H groups in total. The number of nitrogens with one attached hydrogen (secondary N) is 1. The molecule has 25 heavy (non-hydrogen) atoms.